The Hall–Kier alpha value is -2.49. The van der Waals surface area contributed by atoms with E-state index in [9.17, 15) is 15.0 Å². The van der Waals surface area contributed by atoms with Gasteiger partial charge in [0.15, 0.2) is 0 Å². The molecule has 0 radical (unpaired) electrons. The van der Waals surface area contributed by atoms with Crippen molar-refractivity contribution in [3.05, 3.63) is 59.2 Å². The second-order valence-electron chi connectivity index (χ2n) is 4.31. The van der Waals surface area contributed by atoms with Crippen molar-refractivity contribution in [2.75, 3.05) is 0 Å². The molecule has 98 valence electrons. The summed E-state index contributed by atoms with van der Waals surface area (Å²) in [4.78, 5) is 11.9. The quantitative estimate of drug-likeness (QED) is 0.790. The van der Waals surface area contributed by atoms with Crippen molar-refractivity contribution in [3.63, 3.8) is 0 Å². The molecule has 0 bridgehead atoms. The molecule has 3 N–H and O–H groups in total. The standard InChI is InChI=1S/C15H15NO3/c1-10-4-2-3-5-11(10)9-16-15(19)13-7-6-12(17)8-14(13)18/h2-8,17-18H,9H2,1H3,(H,16,19). The smallest absolute Gasteiger partial charge is 0.255 e. The Morgan fingerprint density at radius 2 is 1.89 bits per heavy atom. The molecular weight excluding hydrogens is 242 g/mol. The largest absolute Gasteiger partial charge is 0.508 e. The van der Waals surface area contributed by atoms with E-state index in [2.05, 4.69) is 5.32 Å². The van der Waals surface area contributed by atoms with Crippen LogP contribution in [0.25, 0.3) is 0 Å². The minimum Gasteiger partial charge on any atom is -0.508 e. The average Bonchev–Trinajstić information content (AvgIpc) is 2.37. The van der Waals surface area contributed by atoms with Crippen molar-refractivity contribution in [3.8, 4) is 11.5 Å². The maximum absolute atomic E-state index is 11.9. The Labute approximate surface area is 111 Å². The molecule has 0 aliphatic carbocycles. The number of nitrogens with one attached hydrogen (secondary N) is 1. The van der Waals surface area contributed by atoms with Crippen LogP contribution < -0.4 is 5.32 Å². The van der Waals surface area contributed by atoms with Crippen LogP contribution in [0, 0.1) is 6.92 Å². The second kappa shape index (κ2) is 5.44. The summed E-state index contributed by atoms with van der Waals surface area (Å²) < 4.78 is 0. The molecule has 0 heterocycles. The van der Waals surface area contributed by atoms with Gasteiger partial charge in [-0.15, -0.1) is 0 Å². The summed E-state index contributed by atoms with van der Waals surface area (Å²) in [5.41, 5.74) is 2.26. The Morgan fingerprint density at radius 1 is 1.16 bits per heavy atom. The van der Waals surface area contributed by atoms with Crippen LogP contribution in [0.5, 0.6) is 11.5 Å². The highest BCUT2D eigenvalue weighted by Gasteiger charge is 2.11. The maximum Gasteiger partial charge on any atom is 0.255 e. The van der Waals surface area contributed by atoms with Crippen LogP contribution in [-0.4, -0.2) is 16.1 Å². The fourth-order valence-electron chi connectivity index (χ4n) is 1.79. The van der Waals surface area contributed by atoms with Crippen LogP contribution in [-0.2, 0) is 6.54 Å². The van der Waals surface area contributed by atoms with Crippen molar-refractivity contribution < 1.29 is 15.0 Å². The molecule has 4 nitrogen and oxygen atoms in total. The van der Waals surface area contributed by atoms with Crippen molar-refractivity contribution in [1.82, 2.24) is 5.32 Å². The molecule has 0 saturated heterocycles. The lowest BCUT2D eigenvalue weighted by Gasteiger charge is -2.09. The molecule has 2 aromatic carbocycles. The fraction of sp³-hybridized carbons (Fsp3) is 0.133. The van der Waals surface area contributed by atoms with Gasteiger partial charge in [-0.25, -0.2) is 0 Å². The van der Waals surface area contributed by atoms with Gasteiger partial charge in [-0.2, -0.15) is 0 Å². The molecule has 2 rings (SSSR count). The molecule has 0 spiro atoms. The number of carbonyl (C=O) groups excluding carboxylic acids is 1. The summed E-state index contributed by atoms with van der Waals surface area (Å²) in [5, 5.41) is 21.5. The van der Waals surface area contributed by atoms with Gasteiger partial charge >= 0.3 is 0 Å². The molecule has 0 saturated carbocycles. The summed E-state index contributed by atoms with van der Waals surface area (Å²) in [6, 6.07) is 11.6. The number of aryl methyl sites for hydroxylation is 1. The normalized spacial score (nSPS) is 10.2. The molecule has 0 unspecified atom stereocenters. The third-order valence-electron chi connectivity index (χ3n) is 2.93. The van der Waals surface area contributed by atoms with Crippen molar-refractivity contribution >= 4 is 5.91 Å². The van der Waals surface area contributed by atoms with Crippen molar-refractivity contribution in [2.24, 2.45) is 0 Å². The predicted octanol–water partition coefficient (Wildman–Crippen LogP) is 2.34. The summed E-state index contributed by atoms with van der Waals surface area (Å²) in [5.74, 6) is -0.684. The van der Waals surface area contributed by atoms with Crippen LogP contribution in [0.3, 0.4) is 0 Å². The first-order valence-corrected chi connectivity index (χ1v) is 5.92. The van der Waals surface area contributed by atoms with E-state index < -0.39 is 0 Å². The summed E-state index contributed by atoms with van der Waals surface area (Å²) in [6.45, 7) is 2.37. The van der Waals surface area contributed by atoms with Gasteiger partial charge in [-0.05, 0) is 30.2 Å². The Morgan fingerprint density at radius 3 is 2.58 bits per heavy atom. The number of hydrogen-bond acceptors (Lipinski definition) is 3. The van der Waals surface area contributed by atoms with Gasteiger partial charge in [0.05, 0.1) is 5.56 Å². The minimum atomic E-state index is -0.374. The Bertz CT molecular complexity index is 608. The topological polar surface area (TPSA) is 69.6 Å². The highest BCUT2D eigenvalue weighted by molar-refractivity contribution is 5.96. The molecule has 0 fully saturated rings. The lowest BCUT2D eigenvalue weighted by atomic mass is 10.1. The highest BCUT2D eigenvalue weighted by Crippen LogP contribution is 2.22. The van der Waals surface area contributed by atoms with E-state index in [0.29, 0.717) is 6.54 Å². The summed E-state index contributed by atoms with van der Waals surface area (Å²) >= 11 is 0. The van der Waals surface area contributed by atoms with E-state index in [0.717, 1.165) is 17.2 Å². The van der Waals surface area contributed by atoms with E-state index in [4.69, 9.17) is 0 Å². The van der Waals surface area contributed by atoms with Crippen molar-refractivity contribution in [2.45, 2.75) is 13.5 Å². The van der Waals surface area contributed by atoms with Gasteiger partial charge in [0.1, 0.15) is 11.5 Å². The summed E-state index contributed by atoms with van der Waals surface area (Å²) in [7, 11) is 0. The van der Waals surface area contributed by atoms with Crippen molar-refractivity contribution in [1.29, 1.82) is 0 Å². The van der Waals surface area contributed by atoms with Crippen LogP contribution in [0.4, 0.5) is 0 Å². The van der Waals surface area contributed by atoms with E-state index in [1.807, 2.05) is 31.2 Å². The number of rotatable bonds is 3. The van der Waals surface area contributed by atoms with Crippen LogP contribution >= 0.6 is 0 Å². The van der Waals surface area contributed by atoms with Crippen LogP contribution in [0.1, 0.15) is 21.5 Å². The van der Waals surface area contributed by atoms with Gasteiger partial charge in [0, 0.05) is 12.6 Å². The predicted molar refractivity (Wildman–Crippen MR) is 72.1 cm³/mol. The van der Waals surface area contributed by atoms with E-state index in [-0.39, 0.29) is 23.0 Å². The molecule has 0 atom stereocenters. The van der Waals surface area contributed by atoms with E-state index in [1.165, 1.54) is 12.1 Å². The first-order chi connectivity index (χ1) is 9.08. The average molecular weight is 257 g/mol. The van der Waals surface area contributed by atoms with Gasteiger partial charge < -0.3 is 15.5 Å². The molecule has 1 amide bonds. The van der Waals surface area contributed by atoms with Gasteiger partial charge in [-0.3, -0.25) is 4.79 Å². The third-order valence-corrected chi connectivity index (χ3v) is 2.93. The zero-order valence-corrected chi connectivity index (χ0v) is 10.6. The SMILES string of the molecule is Cc1ccccc1CNC(=O)c1ccc(O)cc1O. The monoisotopic (exact) mass is 257 g/mol. The van der Waals surface area contributed by atoms with E-state index >= 15 is 0 Å². The van der Waals surface area contributed by atoms with Crippen LogP contribution in [0.15, 0.2) is 42.5 Å². The van der Waals surface area contributed by atoms with Gasteiger partial charge in [-0.1, -0.05) is 24.3 Å². The molecular formula is C15H15NO3. The van der Waals surface area contributed by atoms with Gasteiger partial charge in [0.2, 0.25) is 0 Å². The van der Waals surface area contributed by atoms with E-state index in [1.54, 1.807) is 0 Å². The number of benzene rings is 2. The minimum absolute atomic E-state index is 0.0760. The number of amides is 1. The van der Waals surface area contributed by atoms with Gasteiger partial charge in [0.25, 0.3) is 5.91 Å². The molecule has 4 heteroatoms. The molecule has 0 aliphatic rings. The first kappa shape index (κ1) is 13.0. The number of phenols is 2. The number of phenolic OH excluding ortho intramolecular Hbond substituents is 2. The second-order valence-corrected chi connectivity index (χ2v) is 4.31. The third kappa shape index (κ3) is 3.04. The Balaban J connectivity index is 2.08. The summed E-state index contributed by atoms with van der Waals surface area (Å²) in [6.07, 6.45) is 0. The highest BCUT2D eigenvalue weighted by atomic mass is 16.3. The maximum atomic E-state index is 11.9. The fourth-order valence-corrected chi connectivity index (χ4v) is 1.79. The zero-order chi connectivity index (χ0) is 13.8. The first-order valence-electron chi connectivity index (χ1n) is 5.92. The lowest BCUT2D eigenvalue weighted by molar-refractivity contribution is 0.0948. The number of carbonyl (C=O) groups is 1. The molecule has 0 aliphatic heterocycles. The lowest BCUT2D eigenvalue weighted by Crippen LogP contribution is -2.23. The molecule has 19 heavy (non-hydrogen) atoms. The number of hydrogen-bond donors (Lipinski definition) is 3. The molecule has 2 aromatic rings. The molecule has 0 aromatic heterocycles. The van der Waals surface area contributed by atoms with Crippen LogP contribution in [0.2, 0.25) is 0 Å². The Kier molecular flexibility index (Phi) is 3.71. The number of aromatic hydroxyl groups is 2. The zero-order valence-electron chi connectivity index (χ0n) is 10.6.